The number of hydrogen-bond acceptors (Lipinski definition) is 9. The van der Waals surface area contributed by atoms with Gasteiger partial charge in [0, 0.05) is 91.8 Å². The van der Waals surface area contributed by atoms with Crippen LogP contribution in [0.4, 0.5) is 11.4 Å². The van der Waals surface area contributed by atoms with Crippen molar-refractivity contribution in [2.75, 3.05) is 110 Å². The van der Waals surface area contributed by atoms with Crippen LogP contribution in [-0.4, -0.2) is 135 Å². The van der Waals surface area contributed by atoms with Crippen molar-refractivity contribution < 1.29 is 14.9 Å². The Morgan fingerprint density at radius 1 is 0.566 bits per heavy atom. The van der Waals surface area contributed by atoms with E-state index in [2.05, 4.69) is 103 Å². The van der Waals surface area contributed by atoms with Gasteiger partial charge in [-0.05, 0) is 66.6 Å². The van der Waals surface area contributed by atoms with E-state index < -0.39 is 0 Å². The Hall–Kier alpha value is -2.67. The van der Waals surface area contributed by atoms with Crippen molar-refractivity contribution in [2.24, 2.45) is 0 Å². The number of halogens is 2. The van der Waals surface area contributed by atoms with Gasteiger partial charge in [-0.15, -0.1) is 0 Å². The second-order valence-corrected chi connectivity index (χ2v) is 15.6. The molecule has 1 unspecified atom stereocenters. The fourth-order valence-electron chi connectivity index (χ4n) is 7.37. The van der Waals surface area contributed by atoms with Crippen LogP contribution in [0.3, 0.4) is 0 Å². The van der Waals surface area contributed by atoms with Crippen LogP contribution in [0.15, 0.2) is 107 Å². The second kappa shape index (κ2) is 20.9. The van der Waals surface area contributed by atoms with Crippen molar-refractivity contribution >= 4 is 46.3 Å². The molecule has 53 heavy (non-hydrogen) atoms. The zero-order chi connectivity index (χ0) is 36.8. The first-order valence-corrected chi connectivity index (χ1v) is 20.4. The molecule has 3 aliphatic rings. The molecule has 4 aromatic carbocycles. The van der Waals surface area contributed by atoms with Gasteiger partial charge in [-0.2, -0.15) is 0 Å². The predicted molar refractivity (Wildman–Crippen MR) is 219 cm³/mol. The molecule has 11 heteroatoms. The van der Waals surface area contributed by atoms with Crippen LogP contribution in [-0.2, 0) is 4.74 Å². The molecule has 0 aliphatic carbocycles. The zero-order valence-corrected chi connectivity index (χ0v) is 32.9. The Kier molecular flexibility index (Phi) is 15.7. The summed E-state index contributed by atoms with van der Waals surface area (Å²) in [6, 6.07) is 34.0. The van der Waals surface area contributed by atoms with Gasteiger partial charge in [-0.1, -0.05) is 89.6 Å². The molecule has 0 spiro atoms. The molecule has 1 atom stereocenters. The van der Waals surface area contributed by atoms with Gasteiger partial charge in [-0.3, -0.25) is 14.7 Å². The molecular weight excluding hydrogens is 725 g/mol. The number of nitrogens with zero attached hydrogens (tertiary/aromatic N) is 5. The lowest BCUT2D eigenvalue weighted by Crippen LogP contribution is -2.48. The van der Waals surface area contributed by atoms with E-state index in [0.29, 0.717) is 13.2 Å². The van der Waals surface area contributed by atoms with Crippen molar-refractivity contribution in [1.29, 1.82) is 0 Å². The lowest BCUT2D eigenvalue weighted by atomic mass is 9.96. The maximum absolute atomic E-state index is 9.08. The number of benzene rings is 4. The Bertz CT molecular complexity index is 1670. The van der Waals surface area contributed by atoms with Gasteiger partial charge in [0.2, 0.25) is 0 Å². The van der Waals surface area contributed by atoms with Gasteiger partial charge in [0.15, 0.2) is 0 Å². The standard InChI is InChI=1S/C21H26ClN3OS.C21H27ClN2O2/c22-17-6-7-21-19(16-17)25(18-4-1-2-5-20(18)27-21)9-3-8-23-10-12-24(13-11-23)14-15-26;22-20-8-6-19(7-9-20)21(18-4-2-1-3-5-18)24-12-10-23(11-13-24)14-16-26-17-15-25/h1-2,4-7,16,26H,3,8-15H2;1-9,21,25H,10-17H2. The van der Waals surface area contributed by atoms with Gasteiger partial charge in [0.25, 0.3) is 0 Å². The number of aliphatic hydroxyl groups is 2. The molecule has 284 valence electrons. The molecule has 2 saturated heterocycles. The van der Waals surface area contributed by atoms with Crippen LogP contribution in [0, 0.1) is 0 Å². The summed E-state index contributed by atoms with van der Waals surface area (Å²) in [5.74, 6) is 0. The first-order valence-electron chi connectivity index (χ1n) is 18.9. The second-order valence-electron chi connectivity index (χ2n) is 13.7. The van der Waals surface area contributed by atoms with Crippen molar-refractivity contribution in [3.63, 3.8) is 0 Å². The lowest BCUT2D eigenvalue weighted by molar-refractivity contribution is 0.0522. The summed E-state index contributed by atoms with van der Waals surface area (Å²) in [5, 5.41) is 19.4. The van der Waals surface area contributed by atoms with Crippen LogP contribution < -0.4 is 4.90 Å². The van der Waals surface area contributed by atoms with E-state index in [1.54, 1.807) is 0 Å². The number of β-amino-alcohol motifs (C(OH)–C–C–N with tert-alkyl or cyclic N) is 1. The summed E-state index contributed by atoms with van der Waals surface area (Å²) in [6.45, 7) is 13.7. The van der Waals surface area contributed by atoms with E-state index in [4.69, 9.17) is 38.2 Å². The molecule has 7 rings (SSSR count). The molecule has 4 aromatic rings. The largest absolute Gasteiger partial charge is 0.395 e. The maximum Gasteiger partial charge on any atom is 0.0698 e. The molecule has 8 nitrogen and oxygen atoms in total. The van der Waals surface area contributed by atoms with Crippen molar-refractivity contribution in [3.8, 4) is 0 Å². The number of para-hydroxylation sites is 1. The predicted octanol–water partition coefficient (Wildman–Crippen LogP) is 7.00. The average molecular weight is 779 g/mol. The number of anilines is 2. The van der Waals surface area contributed by atoms with Gasteiger partial charge >= 0.3 is 0 Å². The number of fused-ring (bicyclic) bond motifs is 2. The van der Waals surface area contributed by atoms with Crippen molar-refractivity contribution in [3.05, 3.63) is 118 Å². The summed E-state index contributed by atoms with van der Waals surface area (Å²) in [5.41, 5.74) is 5.10. The number of rotatable bonds is 14. The minimum absolute atomic E-state index is 0.0909. The summed E-state index contributed by atoms with van der Waals surface area (Å²) in [7, 11) is 0. The van der Waals surface area contributed by atoms with E-state index in [1.807, 2.05) is 30.0 Å². The van der Waals surface area contributed by atoms with Crippen LogP contribution in [0.25, 0.3) is 0 Å². The summed E-state index contributed by atoms with van der Waals surface area (Å²) >= 11 is 14.2. The SMILES string of the molecule is OCCN1CCN(CCCN2c3ccccc3Sc3ccc(Cl)cc32)CC1.OCCOCCN1CCN(C(c2ccccc2)c2ccc(Cl)cc2)CC1. The van der Waals surface area contributed by atoms with Crippen LogP contribution in [0.1, 0.15) is 23.6 Å². The highest BCUT2D eigenvalue weighted by Crippen LogP contribution is 2.48. The summed E-state index contributed by atoms with van der Waals surface area (Å²) in [6.07, 6.45) is 1.12. The Balaban J connectivity index is 0.000000182. The first-order chi connectivity index (χ1) is 26.0. The van der Waals surface area contributed by atoms with E-state index in [1.165, 1.54) is 32.3 Å². The number of ether oxygens (including phenoxy) is 1. The zero-order valence-electron chi connectivity index (χ0n) is 30.5. The molecule has 3 heterocycles. The minimum atomic E-state index is 0.0909. The monoisotopic (exact) mass is 777 g/mol. The molecule has 0 radical (unpaired) electrons. The van der Waals surface area contributed by atoms with Crippen LogP contribution >= 0.6 is 35.0 Å². The van der Waals surface area contributed by atoms with E-state index in [9.17, 15) is 0 Å². The van der Waals surface area contributed by atoms with Gasteiger partial charge < -0.3 is 24.7 Å². The van der Waals surface area contributed by atoms with Crippen molar-refractivity contribution in [2.45, 2.75) is 22.3 Å². The smallest absolute Gasteiger partial charge is 0.0698 e. The maximum atomic E-state index is 9.08. The quantitative estimate of drug-likeness (QED) is 0.132. The molecule has 2 N–H and O–H groups in total. The van der Waals surface area contributed by atoms with Gasteiger partial charge in [0.1, 0.15) is 0 Å². The molecule has 0 bridgehead atoms. The topological polar surface area (TPSA) is 65.9 Å². The number of aliphatic hydroxyl groups excluding tert-OH is 2. The van der Waals surface area contributed by atoms with E-state index in [0.717, 1.165) is 95.0 Å². The third-order valence-corrected chi connectivity index (χ3v) is 11.8. The van der Waals surface area contributed by atoms with Crippen LogP contribution in [0.2, 0.25) is 10.0 Å². The lowest BCUT2D eigenvalue weighted by Gasteiger charge is -2.39. The Morgan fingerprint density at radius 3 is 1.89 bits per heavy atom. The normalized spacial score (nSPS) is 17.5. The highest BCUT2D eigenvalue weighted by atomic mass is 35.5. The fourth-order valence-corrected chi connectivity index (χ4v) is 8.74. The Morgan fingerprint density at radius 2 is 1.17 bits per heavy atom. The fraction of sp³-hybridized carbons (Fsp3) is 0.429. The number of hydrogen-bond donors (Lipinski definition) is 2. The summed E-state index contributed by atoms with van der Waals surface area (Å²) in [4.78, 5) is 14.9. The third-order valence-electron chi connectivity index (χ3n) is 10.2. The van der Waals surface area contributed by atoms with Gasteiger partial charge in [-0.25, -0.2) is 0 Å². The molecule has 3 aliphatic heterocycles. The third kappa shape index (κ3) is 11.4. The highest BCUT2D eigenvalue weighted by Gasteiger charge is 2.27. The molecule has 0 saturated carbocycles. The molecule has 2 fully saturated rings. The van der Waals surface area contributed by atoms with Gasteiger partial charge in [0.05, 0.1) is 43.8 Å². The summed E-state index contributed by atoms with van der Waals surface area (Å²) < 4.78 is 5.39. The highest BCUT2D eigenvalue weighted by molar-refractivity contribution is 7.99. The average Bonchev–Trinajstić information content (AvgIpc) is 3.19. The molecule has 0 amide bonds. The number of piperazine rings is 2. The Labute approximate surface area is 329 Å². The van der Waals surface area contributed by atoms with E-state index in [-0.39, 0.29) is 19.3 Å². The van der Waals surface area contributed by atoms with E-state index >= 15 is 0 Å². The first kappa shape index (κ1) is 40.0. The molecule has 0 aromatic heterocycles. The molecular formula is C42H53Cl2N5O3S. The van der Waals surface area contributed by atoms with Crippen LogP contribution in [0.5, 0.6) is 0 Å². The van der Waals surface area contributed by atoms with Crippen molar-refractivity contribution in [1.82, 2.24) is 19.6 Å². The minimum Gasteiger partial charge on any atom is -0.395 e.